The molecule has 1 atom stereocenters. The standard InChI is InChI=1S/C22H20O6/c1-13-5-7-18(14(2)11-13)22(10-9-21(25)28-22)19-8-6-17(26-15(3)23)12-20(19)27-16(4)24/h5-12H,1-4H3. The van der Waals surface area contributed by atoms with Gasteiger partial charge in [0.2, 0.25) is 0 Å². The molecule has 1 aliphatic heterocycles. The molecule has 1 aliphatic rings. The van der Waals surface area contributed by atoms with Crippen molar-refractivity contribution in [3.05, 3.63) is 70.8 Å². The van der Waals surface area contributed by atoms with Crippen molar-refractivity contribution in [3.8, 4) is 11.5 Å². The molecule has 2 aromatic carbocycles. The third-order valence-electron chi connectivity index (χ3n) is 4.37. The minimum atomic E-state index is -1.26. The first-order valence-electron chi connectivity index (χ1n) is 8.72. The molecule has 3 rings (SSSR count). The van der Waals surface area contributed by atoms with Crippen molar-refractivity contribution < 1.29 is 28.6 Å². The van der Waals surface area contributed by atoms with Gasteiger partial charge in [0, 0.05) is 37.1 Å². The maximum Gasteiger partial charge on any atom is 0.332 e. The van der Waals surface area contributed by atoms with Gasteiger partial charge in [0.25, 0.3) is 0 Å². The summed E-state index contributed by atoms with van der Waals surface area (Å²) in [6.45, 7) is 6.43. The van der Waals surface area contributed by atoms with Crippen LogP contribution < -0.4 is 9.47 Å². The van der Waals surface area contributed by atoms with Gasteiger partial charge in [-0.25, -0.2) is 4.79 Å². The number of benzene rings is 2. The summed E-state index contributed by atoms with van der Waals surface area (Å²) in [6, 6.07) is 10.4. The molecular weight excluding hydrogens is 360 g/mol. The summed E-state index contributed by atoms with van der Waals surface area (Å²) in [5, 5.41) is 0. The number of carbonyl (C=O) groups is 3. The number of rotatable bonds is 4. The quantitative estimate of drug-likeness (QED) is 0.597. The van der Waals surface area contributed by atoms with Crippen LogP contribution in [0, 0.1) is 13.8 Å². The van der Waals surface area contributed by atoms with Crippen LogP contribution >= 0.6 is 0 Å². The van der Waals surface area contributed by atoms with E-state index < -0.39 is 23.5 Å². The Bertz CT molecular complexity index is 1000. The van der Waals surface area contributed by atoms with E-state index in [-0.39, 0.29) is 11.5 Å². The fourth-order valence-electron chi connectivity index (χ4n) is 3.36. The summed E-state index contributed by atoms with van der Waals surface area (Å²) in [5.41, 5.74) is 1.92. The number of esters is 3. The first-order valence-corrected chi connectivity index (χ1v) is 8.72. The Morgan fingerprint density at radius 3 is 2.18 bits per heavy atom. The van der Waals surface area contributed by atoms with E-state index in [0.717, 1.165) is 16.7 Å². The molecule has 0 amide bonds. The van der Waals surface area contributed by atoms with E-state index in [4.69, 9.17) is 14.2 Å². The van der Waals surface area contributed by atoms with Crippen LogP contribution in [0.5, 0.6) is 11.5 Å². The van der Waals surface area contributed by atoms with E-state index in [1.165, 1.54) is 26.0 Å². The fourth-order valence-corrected chi connectivity index (χ4v) is 3.36. The molecule has 0 bridgehead atoms. The van der Waals surface area contributed by atoms with Crippen LogP contribution in [0.3, 0.4) is 0 Å². The molecule has 28 heavy (non-hydrogen) atoms. The highest BCUT2D eigenvalue weighted by molar-refractivity contribution is 5.87. The van der Waals surface area contributed by atoms with Crippen LogP contribution in [-0.2, 0) is 24.7 Å². The van der Waals surface area contributed by atoms with Crippen LogP contribution in [-0.4, -0.2) is 17.9 Å². The molecule has 6 heteroatoms. The summed E-state index contributed by atoms with van der Waals surface area (Å²) in [5.74, 6) is -1.19. The van der Waals surface area contributed by atoms with Crippen molar-refractivity contribution in [3.63, 3.8) is 0 Å². The molecule has 0 N–H and O–H groups in total. The number of hydrogen-bond acceptors (Lipinski definition) is 6. The van der Waals surface area contributed by atoms with Gasteiger partial charge in [0.05, 0.1) is 0 Å². The Hall–Kier alpha value is -3.41. The molecule has 0 aliphatic carbocycles. The van der Waals surface area contributed by atoms with E-state index in [2.05, 4.69) is 0 Å². The lowest BCUT2D eigenvalue weighted by Gasteiger charge is -2.30. The van der Waals surface area contributed by atoms with E-state index in [1.54, 1.807) is 18.2 Å². The predicted molar refractivity (Wildman–Crippen MR) is 101 cm³/mol. The minimum absolute atomic E-state index is 0.144. The molecule has 1 heterocycles. The Morgan fingerprint density at radius 1 is 0.929 bits per heavy atom. The molecule has 0 fully saturated rings. The molecule has 0 radical (unpaired) electrons. The third-order valence-corrected chi connectivity index (χ3v) is 4.37. The van der Waals surface area contributed by atoms with Crippen LogP contribution in [0.25, 0.3) is 0 Å². The van der Waals surface area contributed by atoms with Gasteiger partial charge in [0.15, 0.2) is 5.60 Å². The number of carbonyl (C=O) groups excluding carboxylic acids is 3. The SMILES string of the molecule is CC(=O)Oc1ccc(C2(c3ccc(C)cc3C)C=CC(=O)O2)c(OC(C)=O)c1. The Labute approximate surface area is 162 Å². The highest BCUT2D eigenvalue weighted by Crippen LogP contribution is 2.45. The van der Waals surface area contributed by atoms with E-state index >= 15 is 0 Å². The average molecular weight is 380 g/mol. The van der Waals surface area contributed by atoms with Crippen LogP contribution in [0.15, 0.2) is 48.6 Å². The van der Waals surface area contributed by atoms with Gasteiger partial charge in [-0.15, -0.1) is 0 Å². The molecule has 6 nitrogen and oxygen atoms in total. The summed E-state index contributed by atoms with van der Waals surface area (Å²) >= 11 is 0. The lowest BCUT2D eigenvalue weighted by Crippen LogP contribution is -2.29. The van der Waals surface area contributed by atoms with Crippen LogP contribution in [0.1, 0.15) is 36.1 Å². The minimum Gasteiger partial charge on any atom is -0.442 e. The second-order valence-electron chi connectivity index (χ2n) is 6.65. The van der Waals surface area contributed by atoms with E-state index in [0.29, 0.717) is 5.56 Å². The smallest absolute Gasteiger partial charge is 0.332 e. The average Bonchev–Trinajstić information content (AvgIpc) is 2.96. The van der Waals surface area contributed by atoms with Crippen molar-refractivity contribution >= 4 is 17.9 Å². The second kappa shape index (κ2) is 7.31. The molecule has 0 saturated carbocycles. The Kier molecular flexibility index (Phi) is 5.05. The van der Waals surface area contributed by atoms with Crippen molar-refractivity contribution in [1.29, 1.82) is 0 Å². The first-order chi connectivity index (χ1) is 13.2. The Balaban J connectivity index is 2.23. The normalized spacial score (nSPS) is 17.9. The van der Waals surface area contributed by atoms with Crippen molar-refractivity contribution in [2.45, 2.75) is 33.3 Å². The summed E-state index contributed by atoms with van der Waals surface area (Å²) in [7, 11) is 0. The van der Waals surface area contributed by atoms with E-state index in [9.17, 15) is 14.4 Å². The van der Waals surface area contributed by atoms with Gasteiger partial charge in [-0.3, -0.25) is 9.59 Å². The van der Waals surface area contributed by atoms with Crippen molar-refractivity contribution in [2.24, 2.45) is 0 Å². The first kappa shape index (κ1) is 19.4. The lowest BCUT2D eigenvalue weighted by atomic mass is 9.83. The lowest BCUT2D eigenvalue weighted by molar-refractivity contribution is -0.143. The van der Waals surface area contributed by atoms with Gasteiger partial charge < -0.3 is 14.2 Å². The number of hydrogen-bond donors (Lipinski definition) is 0. The topological polar surface area (TPSA) is 78.9 Å². The Morgan fingerprint density at radius 2 is 1.61 bits per heavy atom. The summed E-state index contributed by atoms with van der Waals surface area (Å²) in [6.07, 6.45) is 2.98. The highest BCUT2D eigenvalue weighted by Gasteiger charge is 2.43. The number of ether oxygens (including phenoxy) is 3. The molecule has 144 valence electrons. The zero-order valence-electron chi connectivity index (χ0n) is 16.1. The molecule has 2 aromatic rings. The molecular formula is C22H20O6. The summed E-state index contributed by atoms with van der Waals surface area (Å²) in [4.78, 5) is 35.0. The van der Waals surface area contributed by atoms with Crippen molar-refractivity contribution in [2.75, 3.05) is 0 Å². The van der Waals surface area contributed by atoms with Gasteiger partial charge in [-0.1, -0.05) is 23.8 Å². The van der Waals surface area contributed by atoms with Gasteiger partial charge in [0.1, 0.15) is 11.5 Å². The second-order valence-corrected chi connectivity index (χ2v) is 6.65. The summed E-state index contributed by atoms with van der Waals surface area (Å²) < 4.78 is 16.2. The molecule has 0 aromatic heterocycles. The largest absolute Gasteiger partial charge is 0.442 e. The van der Waals surface area contributed by atoms with Crippen LogP contribution in [0.2, 0.25) is 0 Å². The predicted octanol–water partition coefficient (Wildman–Crippen LogP) is 3.51. The maximum atomic E-state index is 12.0. The van der Waals surface area contributed by atoms with Crippen LogP contribution in [0.4, 0.5) is 0 Å². The number of cyclic esters (lactones) is 1. The monoisotopic (exact) mass is 380 g/mol. The zero-order valence-corrected chi connectivity index (χ0v) is 16.1. The fraction of sp³-hybridized carbons (Fsp3) is 0.227. The van der Waals surface area contributed by atoms with Gasteiger partial charge >= 0.3 is 17.9 Å². The highest BCUT2D eigenvalue weighted by atomic mass is 16.6. The van der Waals surface area contributed by atoms with Gasteiger partial charge in [-0.2, -0.15) is 0 Å². The maximum absolute atomic E-state index is 12.0. The zero-order chi connectivity index (χ0) is 20.5. The van der Waals surface area contributed by atoms with Crippen molar-refractivity contribution in [1.82, 2.24) is 0 Å². The van der Waals surface area contributed by atoms with Gasteiger partial charge in [-0.05, 0) is 37.6 Å². The number of aryl methyl sites for hydroxylation is 2. The molecule has 1 unspecified atom stereocenters. The molecule has 0 spiro atoms. The van der Waals surface area contributed by atoms with E-state index in [1.807, 2.05) is 32.0 Å². The molecule has 0 saturated heterocycles. The third kappa shape index (κ3) is 3.67.